The zero-order valence-corrected chi connectivity index (χ0v) is 21.9. The Morgan fingerprint density at radius 3 is 2.51 bits per heavy atom. The van der Waals surface area contributed by atoms with E-state index in [0.29, 0.717) is 31.1 Å². The van der Waals surface area contributed by atoms with E-state index in [9.17, 15) is 4.79 Å². The number of aryl methyl sites for hydroxylation is 1. The molecular formula is C26H35N5O3S. The highest BCUT2D eigenvalue weighted by molar-refractivity contribution is 7.20. The summed E-state index contributed by atoms with van der Waals surface area (Å²) in [4.78, 5) is 28.5. The van der Waals surface area contributed by atoms with Gasteiger partial charge in [0.2, 0.25) is 0 Å². The second kappa shape index (κ2) is 11.7. The van der Waals surface area contributed by atoms with Crippen LogP contribution in [0.5, 0.6) is 11.5 Å². The predicted molar refractivity (Wildman–Crippen MR) is 141 cm³/mol. The Bertz CT molecular complexity index is 1160. The molecule has 4 rings (SSSR count). The lowest BCUT2D eigenvalue weighted by molar-refractivity contribution is 0.0957. The molecule has 1 aliphatic rings. The summed E-state index contributed by atoms with van der Waals surface area (Å²) in [5.41, 5.74) is 2.04. The van der Waals surface area contributed by atoms with Crippen molar-refractivity contribution in [3.63, 3.8) is 0 Å². The Balaban J connectivity index is 1.44. The lowest BCUT2D eigenvalue weighted by Gasteiger charge is -2.35. The van der Waals surface area contributed by atoms with Crippen LogP contribution < -0.4 is 19.7 Å². The molecule has 8 nitrogen and oxygen atoms in total. The smallest absolute Gasteiger partial charge is 0.261 e. The molecule has 188 valence electrons. The molecule has 35 heavy (non-hydrogen) atoms. The van der Waals surface area contributed by atoms with Gasteiger partial charge in [-0.15, -0.1) is 11.3 Å². The summed E-state index contributed by atoms with van der Waals surface area (Å²) >= 11 is 1.44. The van der Waals surface area contributed by atoms with E-state index in [1.807, 2.05) is 39.0 Å². The molecule has 1 fully saturated rings. The minimum Gasteiger partial charge on any atom is -0.490 e. The molecule has 0 saturated carbocycles. The van der Waals surface area contributed by atoms with Crippen molar-refractivity contribution < 1.29 is 14.3 Å². The van der Waals surface area contributed by atoms with Gasteiger partial charge >= 0.3 is 0 Å². The number of ether oxygens (including phenoxy) is 2. The third kappa shape index (κ3) is 5.67. The highest BCUT2D eigenvalue weighted by Crippen LogP contribution is 2.35. The molecule has 3 heterocycles. The van der Waals surface area contributed by atoms with Crippen molar-refractivity contribution >= 4 is 33.3 Å². The van der Waals surface area contributed by atoms with Gasteiger partial charge in [0.1, 0.15) is 17.0 Å². The normalized spacial score (nSPS) is 14.3. The number of amides is 1. The Labute approximate surface area is 211 Å². The summed E-state index contributed by atoms with van der Waals surface area (Å²) in [5.74, 6) is 2.36. The number of thiophene rings is 1. The number of aromatic nitrogens is 2. The standard InChI is InChI=1S/C26H35N5O3S/c1-5-30-12-14-31(15-13-30)24-22-18(4)23(35-26(22)29-17-28-24)25(32)27-11-10-19-8-9-20(33-6-2)21(16-19)34-7-3/h8-9,16-17H,5-7,10-15H2,1-4H3,(H,27,32). The molecule has 0 aliphatic carbocycles. The number of carbonyl (C=O) groups excluding carboxylic acids is 1. The Hall–Kier alpha value is -2.91. The number of anilines is 1. The average Bonchev–Trinajstić information content (AvgIpc) is 3.22. The number of nitrogens with zero attached hydrogens (tertiary/aromatic N) is 4. The van der Waals surface area contributed by atoms with Gasteiger partial charge in [-0.3, -0.25) is 4.79 Å². The first-order chi connectivity index (χ1) is 17.0. The lowest BCUT2D eigenvalue weighted by Crippen LogP contribution is -2.46. The molecule has 0 unspecified atom stereocenters. The summed E-state index contributed by atoms with van der Waals surface area (Å²) in [5, 5.41) is 4.08. The number of fused-ring (bicyclic) bond motifs is 1. The summed E-state index contributed by atoms with van der Waals surface area (Å²) in [6.45, 7) is 14.8. The molecule has 1 N–H and O–H groups in total. The fourth-order valence-corrected chi connectivity index (χ4v) is 5.50. The molecule has 9 heteroatoms. The average molecular weight is 498 g/mol. The number of piperazine rings is 1. The topological polar surface area (TPSA) is 79.8 Å². The van der Waals surface area contributed by atoms with Gasteiger partial charge in [0.05, 0.1) is 23.5 Å². The maximum Gasteiger partial charge on any atom is 0.261 e. The van der Waals surface area contributed by atoms with E-state index in [1.165, 1.54) is 11.3 Å². The fraction of sp³-hybridized carbons (Fsp3) is 0.500. The summed E-state index contributed by atoms with van der Waals surface area (Å²) < 4.78 is 11.4. The van der Waals surface area contributed by atoms with Crippen LogP contribution in [0.15, 0.2) is 24.5 Å². The van der Waals surface area contributed by atoms with E-state index in [-0.39, 0.29) is 5.91 Å². The molecule has 0 bridgehead atoms. The van der Waals surface area contributed by atoms with Gasteiger partial charge in [0.25, 0.3) is 5.91 Å². The number of hydrogen-bond donors (Lipinski definition) is 1. The van der Waals surface area contributed by atoms with Crippen LogP contribution in [-0.4, -0.2) is 73.3 Å². The van der Waals surface area contributed by atoms with Crippen LogP contribution in [0.4, 0.5) is 5.82 Å². The minimum atomic E-state index is -0.0665. The molecule has 3 aromatic rings. The third-order valence-electron chi connectivity index (χ3n) is 6.34. The van der Waals surface area contributed by atoms with Gasteiger partial charge in [-0.05, 0) is 57.0 Å². The largest absolute Gasteiger partial charge is 0.490 e. The van der Waals surface area contributed by atoms with Crippen LogP contribution in [0, 0.1) is 6.92 Å². The van der Waals surface area contributed by atoms with Crippen molar-refractivity contribution in [3.05, 3.63) is 40.5 Å². The van der Waals surface area contributed by atoms with E-state index >= 15 is 0 Å². The van der Waals surface area contributed by atoms with E-state index in [0.717, 1.165) is 71.4 Å². The number of carbonyl (C=O) groups is 1. The maximum atomic E-state index is 13.1. The van der Waals surface area contributed by atoms with Crippen LogP contribution in [0.3, 0.4) is 0 Å². The molecule has 0 spiro atoms. The van der Waals surface area contributed by atoms with Crippen molar-refractivity contribution in [2.45, 2.75) is 34.1 Å². The zero-order chi connectivity index (χ0) is 24.8. The van der Waals surface area contributed by atoms with Gasteiger partial charge in [-0.1, -0.05) is 13.0 Å². The van der Waals surface area contributed by atoms with Crippen LogP contribution >= 0.6 is 11.3 Å². The predicted octanol–water partition coefficient (Wildman–Crippen LogP) is 3.91. The highest BCUT2D eigenvalue weighted by atomic mass is 32.1. The first-order valence-electron chi connectivity index (χ1n) is 12.4. The molecule has 1 amide bonds. The van der Waals surface area contributed by atoms with Gasteiger partial charge in [0.15, 0.2) is 11.5 Å². The number of likely N-dealkylation sites (N-methyl/N-ethyl adjacent to an activating group) is 1. The van der Waals surface area contributed by atoms with Crippen molar-refractivity contribution in [3.8, 4) is 11.5 Å². The minimum absolute atomic E-state index is 0.0665. The molecule has 1 aliphatic heterocycles. The van der Waals surface area contributed by atoms with Crippen molar-refractivity contribution in [1.82, 2.24) is 20.2 Å². The number of rotatable bonds is 10. The van der Waals surface area contributed by atoms with Gasteiger partial charge < -0.3 is 24.6 Å². The van der Waals surface area contributed by atoms with E-state index in [2.05, 4.69) is 32.0 Å². The monoisotopic (exact) mass is 497 g/mol. The van der Waals surface area contributed by atoms with Crippen molar-refractivity contribution in [2.24, 2.45) is 0 Å². The Morgan fingerprint density at radius 2 is 1.80 bits per heavy atom. The van der Waals surface area contributed by atoms with Gasteiger partial charge in [-0.2, -0.15) is 0 Å². The number of nitrogens with one attached hydrogen (secondary N) is 1. The van der Waals surface area contributed by atoms with Crippen molar-refractivity contribution in [2.75, 3.05) is 57.4 Å². The quantitative estimate of drug-likeness (QED) is 0.455. The summed E-state index contributed by atoms with van der Waals surface area (Å²) in [6, 6.07) is 5.94. The van der Waals surface area contributed by atoms with Crippen LogP contribution in [0.25, 0.3) is 10.2 Å². The first kappa shape index (κ1) is 25.2. The SMILES string of the molecule is CCOc1ccc(CCNC(=O)c2sc3ncnc(N4CCN(CC)CC4)c3c2C)cc1OCC. The number of benzene rings is 1. The molecule has 0 atom stereocenters. The molecule has 1 aromatic carbocycles. The molecule has 0 radical (unpaired) electrons. The maximum absolute atomic E-state index is 13.1. The van der Waals surface area contributed by atoms with Gasteiger partial charge in [-0.25, -0.2) is 9.97 Å². The van der Waals surface area contributed by atoms with E-state index in [4.69, 9.17) is 9.47 Å². The van der Waals surface area contributed by atoms with Crippen molar-refractivity contribution in [1.29, 1.82) is 0 Å². The summed E-state index contributed by atoms with van der Waals surface area (Å²) in [6.07, 6.45) is 2.32. The molecule has 1 saturated heterocycles. The second-order valence-corrected chi connectivity index (χ2v) is 9.51. The second-order valence-electron chi connectivity index (χ2n) is 8.51. The Kier molecular flexibility index (Phi) is 8.41. The zero-order valence-electron chi connectivity index (χ0n) is 21.1. The van der Waals surface area contributed by atoms with E-state index < -0.39 is 0 Å². The number of hydrogen-bond acceptors (Lipinski definition) is 8. The van der Waals surface area contributed by atoms with Crippen LogP contribution in [0.1, 0.15) is 41.6 Å². The molecule has 2 aromatic heterocycles. The molecular weight excluding hydrogens is 462 g/mol. The highest BCUT2D eigenvalue weighted by Gasteiger charge is 2.24. The van der Waals surface area contributed by atoms with E-state index in [1.54, 1.807) is 6.33 Å². The lowest BCUT2D eigenvalue weighted by atomic mass is 10.1. The summed E-state index contributed by atoms with van der Waals surface area (Å²) in [7, 11) is 0. The third-order valence-corrected chi connectivity index (χ3v) is 7.54. The van der Waals surface area contributed by atoms with Gasteiger partial charge in [0, 0.05) is 32.7 Å². The first-order valence-corrected chi connectivity index (χ1v) is 13.2. The Morgan fingerprint density at radius 1 is 1.06 bits per heavy atom. The fourth-order valence-electron chi connectivity index (χ4n) is 4.44. The van der Waals surface area contributed by atoms with Crippen LogP contribution in [0.2, 0.25) is 0 Å². The van der Waals surface area contributed by atoms with Crippen LogP contribution in [-0.2, 0) is 6.42 Å².